The van der Waals surface area contributed by atoms with E-state index in [1.165, 1.54) is 12.8 Å². The second kappa shape index (κ2) is 4.65. The molecule has 1 aliphatic rings. The van der Waals surface area contributed by atoms with Crippen LogP contribution < -0.4 is 5.73 Å². The number of hydrogen-bond donors (Lipinski definition) is 1. The van der Waals surface area contributed by atoms with Crippen LogP contribution in [0.25, 0.3) is 11.4 Å². The van der Waals surface area contributed by atoms with Gasteiger partial charge in [-0.15, -0.1) is 0 Å². The number of pyridine rings is 1. The highest BCUT2D eigenvalue weighted by Crippen LogP contribution is 2.27. The molecule has 0 bridgehead atoms. The Bertz CT molecular complexity index is 598. The zero-order chi connectivity index (χ0) is 12.5. The predicted molar refractivity (Wildman–Crippen MR) is 74.0 cm³/mol. The van der Waals surface area contributed by atoms with Crippen molar-refractivity contribution in [1.82, 2.24) is 15.0 Å². The fraction of sp³-hybridized carbons (Fsp3) is 0.308. The minimum Gasteiger partial charge on any atom is -0.383 e. The molecule has 2 N–H and O–H groups in total. The Morgan fingerprint density at radius 2 is 1.94 bits per heavy atom. The van der Waals surface area contributed by atoms with Crippen molar-refractivity contribution < 1.29 is 0 Å². The van der Waals surface area contributed by atoms with Crippen molar-refractivity contribution >= 4 is 21.7 Å². The monoisotopic (exact) mass is 304 g/mol. The molecule has 0 aromatic carbocycles. The maximum Gasteiger partial charge on any atom is 0.163 e. The number of nitrogen functional groups attached to an aromatic ring is 1. The summed E-state index contributed by atoms with van der Waals surface area (Å²) >= 11 is 3.40. The van der Waals surface area contributed by atoms with E-state index < -0.39 is 0 Å². The Hall–Kier alpha value is -1.49. The lowest BCUT2D eigenvalue weighted by Gasteiger charge is -2.17. The number of anilines is 1. The molecule has 3 rings (SSSR count). The fourth-order valence-corrected chi connectivity index (χ4v) is 2.65. The maximum atomic E-state index is 6.03. The Morgan fingerprint density at radius 3 is 2.78 bits per heavy atom. The van der Waals surface area contributed by atoms with Crippen molar-refractivity contribution in [3.05, 3.63) is 34.2 Å². The van der Waals surface area contributed by atoms with Gasteiger partial charge in [-0.1, -0.05) is 0 Å². The standard InChI is InChI=1S/C13H13BrN4/c14-9-5-8(6-16-7-9)13-17-11-4-2-1-3-10(11)12(15)18-13/h5-7H,1-4H2,(H2,15,17,18). The van der Waals surface area contributed by atoms with Crippen LogP contribution in [0, 0.1) is 0 Å². The molecular weight excluding hydrogens is 292 g/mol. The molecule has 92 valence electrons. The second-order valence-electron chi connectivity index (χ2n) is 4.46. The van der Waals surface area contributed by atoms with Crippen LogP contribution in [0.15, 0.2) is 22.9 Å². The van der Waals surface area contributed by atoms with Crippen LogP contribution in [-0.4, -0.2) is 15.0 Å². The molecule has 0 radical (unpaired) electrons. The lowest BCUT2D eigenvalue weighted by atomic mass is 9.96. The molecule has 0 saturated heterocycles. The normalized spacial score (nSPS) is 14.3. The van der Waals surface area contributed by atoms with Crippen molar-refractivity contribution in [2.24, 2.45) is 0 Å². The van der Waals surface area contributed by atoms with Crippen molar-refractivity contribution in [2.45, 2.75) is 25.7 Å². The van der Waals surface area contributed by atoms with E-state index in [0.717, 1.165) is 34.1 Å². The van der Waals surface area contributed by atoms with E-state index >= 15 is 0 Å². The van der Waals surface area contributed by atoms with Gasteiger partial charge in [0.15, 0.2) is 5.82 Å². The number of aryl methyl sites for hydroxylation is 1. The molecule has 1 aliphatic carbocycles. The second-order valence-corrected chi connectivity index (χ2v) is 5.37. The van der Waals surface area contributed by atoms with Crippen molar-refractivity contribution in [3.63, 3.8) is 0 Å². The van der Waals surface area contributed by atoms with E-state index in [2.05, 4.69) is 30.9 Å². The first-order chi connectivity index (χ1) is 8.74. The van der Waals surface area contributed by atoms with Crippen LogP contribution in [0.2, 0.25) is 0 Å². The number of halogens is 1. The smallest absolute Gasteiger partial charge is 0.163 e. The first-order valence-corrected chi connectivity index (χ1v) is 6.79. The van der Waals surface area contributed by atoms with E-state index in [-0.39, 0.29) is 0 Å². The van der Waals surface area contributed by atoms with Crippen LogP contribution in [0.4, 0.5) is 5.82 Å². The maximum absolute atomic E-state index is 6.03. The third-order valence-corrected chi connectivity index (χ3v) is 3.61. The highest BCUT2D eigenvalue weighted by atomic mass is 79.9. The highest BCUT2D eigenvalue weighted by Gasteiger charge is 2.16. The number of aromatic nitrogens is 3. The van der Waals surface area contributed by atoms with Gasteiger partial charge in [0.05, 0.1) is 0 Å². The lowest BCUT2D eigenvalue weighted by Crippen LogP contribution is -2.11. The molecule has 0 amide bonds. The molecule has 2 heterocycles. The highest BCUT2D eigenvalue weighted by molar-refractivity contribution is 9.10. The van der Waals surface area contributed by atoms with E-state index in [0.29, 0.717) is 11.6 Å². The van der Waals surface area contributed by atoms with Crippen LogP contribution in [-0.2, 0) is 12.8 Å². The van der Waals surface area contributed by atoms with Gasteiger partial charge in [-0.3, -0.25) is 4.98 Å². The van der Waals surface area contributed by atoms with Crippen molar-refractivity contribution in [1.29, 1.82) is 0 Å². The predicted octanol–water partition coefficient (Wildman–Crippen LogP) is 2.76. The Balaban J connectivity index is 2.11. The van der Waals surface area contributed by atoms with Gasteiger partial charge < -0.3 is 5.73 Å². The quantitative estimate of drug-likeness (QED) is 0.880. The average molecular weight is 305 g/mol. The summed E-state index contributed by atoms with van der Waals surface area (Å²) in [6.45, 7) is 0. The molecule has 0 unspecified atom stereocenters. The third kappa shape index (κ3) is 2.10. The SMILES string of the molecule is Nc1nc(-c2cncc(Br)c2)nc2c1CCCC2. The van der Waals surface area contributed by atoms with Crippen LogP contribution in [0.3, 0.4) is 0 Å². The van der Waals surface area contributed by atoms with Crippen LogP contribution in [0.5, 0.6) is 0 Å². The molecule has 2 aromatic heterocycles. The van der Waals surface area contributed by atoms with Crippen molar-refractivity contribution in [2.75, 3.05) is 5.73 Å². The Kier molecular flexibility index (Phi) is 2.99. The summed E-state index contributed by atoms with van der Waals surface area (Å²) in [5.74, 6) is 1.29. The van der Waals surface area contributed by atoms with Gasteiger partial charge >= 0.3 is 0 Å². The summed E-state index contributed by atoms with van der Waals surface area (Å²) in [4.78, 5) is 13.2. The molecule has 0 fully saturated rings. The summed E-state index contributed by atoms with van der Waals surface area (Å²) in [5.41, 5.74) is 9.16. The summed E-state index contributed by atoms with van der Waals surface area (Å²) in [7, 11) is 0. The van der Waals surface area contributed by atoms with Gasteiger partial charge in [0.25, 0.3) is 0 Å². The van der Waals surface area contributed by atoms with E-state index in [1.54, 1.807) is 12.4 Å². The minimum atomic E-state index is 0.620. The Labute approximate surface area is 114 Å². The molecule has 5 heteroatoms. The summed E-state index contributed by atoms with van der Waals surface area (Å²) in [5, 5.41) is 0. The van der Waals surface area contributed by atoms with Crippen molar-refractivity contribution in [3.8, 4) is 11.4 Å². The van der Waals surface area contributed by atoms with Crippen LogP contribution in [0.1, 0.15) is 24.1 Å². The molecule has 2 aromatic rings. The zero-order valence-electron chi connectivity index (χ0n) is 9.86. The topological polar surface area (TPSA) is 64.7 Å². The van der Waals surface area contributed by atoms with Gasteiger partial charge in [0.2, 0.25) is 0 Å². The molecule has 0 atom stereocenters. The Morgan fingerprint density at radius 1 is 1.11 bits per heavy atom. The number of fused-ring (bicyclic) bond motifs is 1. The molecule has 0 saturated carbocycles. The van der Waals surface area contributed by atoms with Gasteiger partial charge in [-0.25, -0.2) is 9.97 Å². The van der Waals surface area contributed by atoms with Gasteiger partial charge in [0.1, 0.15) is 5.82 Å². The number of rotatable bonds is 1. The molecule has 0 spiro atoms. The fourth-order valence-electron chi connectivity index (χ4n) is 2.29. The van der Waals surface area contributed by atoms with E-state index in [9.17, 15) is 0 Å². The number of nitrogens with zero attached hydrogens (tertiary/aromatic N) is 3. The van der Waals surface area contributed by atoms with Gasteiger partial charge in [-0.2, -0.15) is 0 Å². The number of hydrogen-bond acceptors (Lipinski definition) is 4. The molecule has 18 heavy (non-hydrogen) atoms. The third-order valence-electron chi connectivity index (χ3n) is 3.18. The first kappa shape index (κ1) is 11.6. The van der Waals surface area contributed by atoms with E-state index in [4.69, 9.17) is 5.73 Å². The lowest BCUT2D eigenvalue weighted by molar-refractivity contribution is 0.666. The summed E-state index contributed by atoms with van der Waals surface area (Å²) < 4.78 is 0.917. The average Bonchev–Trinajstić information content (AvgIpc) is 2.39. The largest absolute Gasteiger partial charge is 0.383 e. The van der Waals surface area contributed by atoms with E-state index in [1.807, 2.05) is 6.07 Å². The summed E-state index contributed by atoms with van der Waals surface area (Å²) in [6, 6.07) is 1.96. The minimum absolute atomic E-state index is 0.620. The molecular formula is C13H13BrN4. The number of nitrogens with two attached hydrogens (primary N) is 1. The zero-order valence-corrected chi connectivity index (χ0v) is 11.4. The van der Waals surface area contributed by atoms with Crippen LogP contribution >= 0.6 is 15.9 Å². The van der Waals surface area contributed by atoms with Gasteiger partial charge in [-0.05, 0) is 47.7 Å². The molecule has 0 aliphatic heterocycles. The first-order valence-electron chi connectivity index (χ1n) is 6.00. The summed E-state index contributed by atoms with van der Waals surface area (Å²) in [6.07, 6.45) is 7.85. The molecule has 4 nitrogen and oxygen atoms in total. The van der Waals surface area contributed by atoms with Gasteiger partial charge in [0, 0.05) is 33.7 Å².